The van der Waals surface area contributed by atoms with Crippen molar-refractivity contribution >= 4 is 11.3 Å². The molecule has 31 heavy (non-hydrogen) atoms. The van der Waals surface area contributed by atoms with E-state index in [1.165, 1.54) is 0 Å². The van der Waals surface area contributed by atoms with Gasteiger partial charge in [-0.05, 0) is 30.8 Å². The van der Waals surface area contributed by atoms with Crippen LogP contribution >= 0.6 is 11.3 Å². The van der Waals surface area contributed by atoms with Crippen LogP contribution in [0.3, 0.4) is 0 Å². The highest BCUT2D eigenvalue weighted by Gasteiger charge is 2.24. The summed E-state index contributed by atoms with van der Waals surface area (Å²) < 4.78 is 14.7. The number of halogens is 1. The van der Waals surface area contributed by atoms with Gasteiger partial charge in [0.15, 0.2) is 5.82 Å². The van der Waals surface area contributed by atoms with Crippen molar-refractivity contribution < 1.29 is 4.39 Å². The minimum absolute atomic E-state index is 0.122. The predicted molar refractivity (Wildman–Crippen MR) is 115 cm³/mol. The van der Waals surface area contributed by atoms with E-state index < -0.39 is 5.82 Å². The SMILES string of the molecule is O=c1cc(-c2cccs2)nc(C2CCCN(Cc3cn(-c4ncc(F)cn4)cn3)C2)[nH]1. The zero-order valence-corrected chi connectivity index (χ0v) is 17.4. The second-order valence-corrected chi connectivity index (χ2v) is 8.49. The Bertz CT molecular complexity index is 1220. The first-order valence-corrected chi connectivity index (χ1v) is 10.9. The van der Waals surface area contributed by atoms with E-state index in [9.17, 15) is 9.18 Å². The molecule has 8 nitrogen and oxygen atoms in total. The van der Waals surface area contributed by atoms with Gasteiger partial charge in [-0.25, -0.2) is 24.3 Å². The molecule has 1 saturated heterocycles. The van der Waals surface area contributed by atoms with Gasteiger partial charge in [0.1, 0.15) is 12.2 Å². The summed E-state index contributed by atoms with van der Waals surface area (Å²) in [5, 5.41) is 1.98. The first-order valence-electron chi connectivity index (χ1n) is 10.0. The van der Waals surface area contributed by atoms with E-state index in [1.54, 1.807) is 28.3 Å². The van der Waals surface area contributed by atoms with E-state index in [0.29, 0.717) is 12.5 Å². The molecule has 10 heteroatoms. The van der Waals surface area contributed by atoms with Crippen LogP contribution in [0.25, 0.3) is 16.5 Å². The van der Waals surface area contributed by atoms with Crippen molar-refractivity contribution in [2.75, 3.05) is 13.1 Å². The maximum absolute atomic E-state index is 13.0. The van der Waals surface area contributed by atoms with Crippen LogP contribution < -0.4 is 5.56 Å². The van der Waals surface area contributed by atoms with Gasteiger partial charge < -0.3 is 4.98 Å². The molecule has 158 valence electrons. The van der Waals surface area contributed by atoms with Crippen molar-refractivity contribution in [3.63, 3.8) is 0 Å². The highest BCUT2D eigenvalue weighted by molar-refractivity contribution is 7.13. The molecule has 0 bridgehead atoms. The maximum atomic E-state index is 13.0. The van der Waals surface area contributed by atoms with E-state index in [0.717, 1.165) is 60.4 Å². The molecule has 1 unspecified atom stereocenters. The van der Waals surface area contributed by atoms with Crippen molar-refractivity contribution in [1.82, 2.24) is 34.4 Å². The fourth-order valence-corrected chi connectivity index (χ4v) is 4.55. The van der Waals surface area contributed by atoms with Crippen LogP contribution in [-0.2, 0) is 6.54 Å². The molecule has 0 saturated carbocycles. The van der Waals surface area contributed by atoms with E-state index in [-0.39, 0.29) is 11.5 Å². The third kappa shape index (κ3) is 4.44. The molecule has 1 aliphatic heterocycles. The lowest BCUT2D eigenvalue weighted by Crippen LogP contribution is -2.35. The van der Waals surface area contributed by atoms with Crippen LogP contribution in [0.2, 0.25) is 0 Å². The molecule has 4 aromatic rings. The van der Waals surface area contributed by atoms with Gasteiger partial charge in [-0.3, -0.25) is 14.3 Å². The number of hydrogen-bond acceptors (Lipinski definition) is 7. The monoisotopic (exact) mass is 437 g/mol. The fourth-order valence-electron chi connectivity index (χ4n) is 3.87. The van der Waals surface area contributed by atoms with Gasteiger partial charge in [0.05, 0.1) is 28.7 Å². The lowest BCUT2D eigenvalue weighted by atomic mass is 9.97. The minimum Gasteiger partial charge on any atom is -0.310 e. The molecule has 1 aliphatic rings. The average Bonchev–Trinajstić information content (AvgIpc) is 3.47. The van der Waals surface area contributed by atoms with Gasteiger partial charge >= 0.3 is 0 Å². The molecule has 1 fully saturated rings. The van der Waals surface area contributed by atoms with E-state index in [1.807, 2.05) is 23.7 Å². The lowest BCUT2D eigenvalue weighted by molar-refractivity contribution is 0.194. The molecular weight excluding hydrogens is 417 g/mol. The first-order chi connectivity index (χ1) is 15.1. The molecule has 0 spiro atoms. The van der Waals surface area contributed by atoms with Crippen molar-refractivity contribution in [2.24, 2.45) is 0 Å². The average molecular weight is 438 g/mol. The summed E-state index contributed by atoms with van der Waals surface area (Å²) in [6, 6.07) is 5.49. The Hall–Kier alpha value is -3.24. The Balaban J connectivity index is 1.30. The Morgan fingerprint density at radius 3 is 2.94 bits per heavy atom. The lowest BCUT2D eigenvalue weighted by Gasteiger charge is -2.31. The smallest absolute Gasteiger partial charge is 0.251 e. The van der Waals surface area contributed by atoms with Gasteiger partial charge in [-0.15, -0.1) is 11.3 Å². The van der Waals surface area contributed by atoms with Crippen molar-refractivity contribution in [1.29, 1.82) is 0 Å². The summed E-state index contributed by atoms with van der Waals surface area (Å²) in [4.78, 5) is 35.6. The highest BCUT2D eigenvalue weighted by Crippen LogP contribution is 2.27. The predicted octanol–water partition coefficient (Wildman–Crippen LogP) is 2.99. The molecule has 1 atom stereocenters. The van der Waals surface area contributed by atoms with Crippen LogP contribution in [0, 0.1) is 5.82 Å². The van der Waals surface area contributed by atoms with Crippen LogP contribution in [0.15, 0.2) is 53.3 Å². The summed E-state index contributed by atoms with van der Waals surface area (Å²) >= 11 is 1.58. The number of imidazole rings is 1. The number of aromatic amines is 1. The second-order valence-electron chi connectivity index (χ2n) is 7.54. The molecule has 5 heterocycles. The second kappa shape index (κ2) is 8.48. The van der Waals surface area contributed by atoms with Crippen LogP contribution in [0.1, 0.15) is 30.3 Å². The van der Waals surface area contributed by atoms with Crippen molar-refractivity contribution in [2.45, 2.75) is 25.3 Å². The molecule has 1 N–H and O–H groups in total. The van der Waals surface area contributed by atoms with Crippen molar-refractivity contribution in [3.8, 4) is 16.5 Å². The zero-order chi connectivity index (χ0) is 21.2. The number of thiophene rings is 1. The van der Waals surface area contributed by atoms with Gasteiger partial charge in [-0.1, -0.05) is 6.07 Å². The normalized spacial score (nSPS) is 17.1. The summed E-state index contributed by atoms with van der Waals surface area (Å²) in [5.41, 5.74) is 1.48. The van der Waals surface area contributed by atoms with Crippen LogP contribution in [0.5, 0.6) is 0 Å². The molecular formula is C21H20FN7OS. The van der Waals surface area contributed by atoms with Crippen molar-refractivity contribution in [3.05, 3.63) is 76.2 Å². The van der Waals surface area contributed by atoms with E-state index in [2.05, 4.69) is 24.8 Å². The summed E-state index contributed by atoms with van der Waals surface area (Å²) in [6.07, 6.45) is 7.75. The minimum atomic E-state index is -0.474. The zero-order valence-electron chi connectivity index (χ0n) is 16.6. The van der Waals surface area contributed by atoms with Crippen LogP contribution in [0.4, 0.5) is 4.39 Å². The topological polar surface area (TPSA) is 92.6 Å². The van der Waals surface area contributed by atoms with Gasteiger partial charge in [-0.2, -0.15) is 0 Å². The Labute approximate surface area is 181 Å². The third-order valence-corrected chi connectivity index (χ3v) is 6.18. The Morgan fingerprint density at radius 1 is 1.26 bits per heavy atom. The molecule has 0 aliphatic carbocycles. The number of aromatic nitrogens is 6. The third-order valence-electron chi connectivity index (χ3n) is 5.29. The quantitative estimate of drug-likeness (QED) is 0.516. The molecule has 0 aromatic carbocycles. The largest absolute Gasteiger partial charge is 0.310 e. The molecule has 4 aromatic heterocycles. The van der Waals surface area contributed by atoms with Gasteiger partial charge in [0, 0.05) is 31.3 Å². The maximum Gasteiger partial charge on any atom is 0.251 e. The fraction of sp³-hybridized carbons (Fsp3) is 0.286. The number of nitrogens with zero attached hydrogens (tertiary/aromatic N) is 6. The molecule has 0 amide bonds. The summed E-state index contributed by atoms with van der Waals surface area (Å²) in [7, 11) is 0. The summed E-state index contributed by atoms with van der Waals surface area (Å²) in [6.45, 7) is 2.40. The van der Waals surface area contributed by atoms with E-state index >= 15 is 0 Å². The first kappa shape index (κ1) is 19.7. The number of H-pyrrole nitrogens is 1. The number of nitrogens with one attached hydrogen (secondary N) is 1. The van der Waals surface area contributed by atoms with E-state index in [4.69, 9.17) is 4.98 Å². The standard InChI is InChI=1S/C21H20FN7OS/c22-15-8-23-21(24-9-15)29-12-16(25-13-29)11-28-5-1-3-14(10-28)20-26-17(7-19(30)27-20)18-4-2-6-31-18/h2,4,6-9,12-14H,1,3,5,10-11H2,(H,26,27,30). The highest BCUT2D eigenvalue weighted by atomic mass is 32.1. The number of piperidine rings is 1. The number of rotatable bonds is 5. The Kier molecular flexibility index (Phi) is 5.39. The Morgan fingerprint density at radius 2 is 2.13 bits per heavy atom. The van der Waals surface area contributed by atoms with Gasteiger partial charge in [0.2, 0.25) is 5.95 Å². The van der Waals surface area contributed by atoms with Gasteiger partial charge in [0.25, 0.3) is 5.56 Å². The molecule has 5 rings (SSSR count). The van der Waals surface area contributed by atoms with Crippen LogP contribution in [-0.4, -0.2) is 47.5 Å². The number of hydrogen-bond donors (Lipinski definition) is 1. The summed E-state index contributed by atoms with van der Waals surface area (Å²) in [5.74, 6) is 0.803. The molecule has 0 radical (unpaired) electrons. The number of likely N-dealkylation sites (tertiary alicyclic amines) is 1.